The Morgan fingerprint density at radius 3 is 2.37 bits per heavy atom. The number of likely N-dealkylation sites (tertiary alicyclic amines) is 1. The number of benzene rings is 2. The van der Waals surface area contributed by atoms with Gasteiger partial charge in [-0.25, -0.2) is 0 Å². The average molecular weight is 481 g/mol. The number of nitrogens with one attached hydrogen (secondary N) is 1. The highest BCUT2D eigenvalue weighted by atomic mass is 16.5. The summed E-state index contributed by atoms with van der Waals surface area (Å²) >= 11 is 0. The number of hydrogen-bond donors (Lipinski definition) is 3. The van der Waals surface area contributed by atoms with Gasteiger partial charge in [0.05, 0.1) is 12.5 Å². The van der Waals surface area contributed by atoms with Crippen LogP contribution in [0.1, 0.15) is 37.3 Å². The summed E-state index contributed by atoms with van der Waals surface area (Å²) < 4.78 is 5.83. The van der Waals surface area contributed by atoms with Crippen LogP contribution >= 0.6 is 0 Å². The number of piperidine rings is 1. The Morgan fingerprint density at radius 1 is 1.09 bits per heavy atom. The van der Waals surface area contributed by atoms with E-state index in [2.05, 4.69) is 5.32 Å². The second-order valence-corrected chi connectivity index (χ2v) is 8.98. The fourth-order valence-electron chi connectivity index (χ4n) is 3.84. The Morgan fingerprint density at radius 2 is 1.74 bits per heavy atom. The van der Waals surface area contributed by atoms with Crippen LogP contribution in [0.25, 0.3) is 0 Å². The van der Waals surface area contributed by atoms with Gasteiger partial charge in [-0.15, -0.1) is 0 Å². The van der Waals surface area contributed by atoms with Crippen LogP contribution in [0, 0.1) is 12.3 Å². The number of nitrogens with zero attached hydrogens (tertiary/aromatic N) is 1. The van der Waals surface area contributed by atoms with Crippen LogP contribution in [0.15, 0.2) is 54.6 Å². The first-order chi connectivity index (χ1) is 16.8. The summed E-state index contributed by atoms with van der Waals surface area (Å²) in [6.45, 7) is 3.00. The molecule has 0 saturated carbocycles. The van der Waals surface area contributed by atoms with Crippen LogP contribution in [0.3, 0.4) is 0 Å². The molecule has 2 aromatic rings. The summed E-state index contributed by atoms with van der Waals surface area (Å²) in [6, 6.07) is 16.5. The number of ether oxygens (including phenoxy) is 1. The van der Waals surface area contributed by atoms with E-state index in [9.17, 15) is 19.5 Å². The van der Waals surface area contributed by atoms with Crippen molar-refractivity contribution >= 4 is 17.7 Å². The summed E-state index contributed by atoms with van der Waals surface area (Å²) in [5, 5.41) is 12.6. The van der Waals surface area contributed by atoms with Crippen molar-refractivity contribution in [3.63, 3.8) is 0 Å². The van der Waals surface area contributed by atoms with Crippen LogP contribution in [0.5, 0.6) is 5.75 Å². The Kier molecular flexibility index (Phi) is 9.66. The van der Waals surface area contributed by atoms with E-state index in [-0.39, 0.29) is 12.3 Å². The largest absolute Gasteiger partial charge is 0.489 e. The smallest absolute Gasteiger partial charge is 0.245 e. The zero-order valence-corrected chi connectivity index (χ0v) is 20.1. The molecule has 0 aromatic heterocycles. The standard InChI is InChI=1S/C27H34N3O5/c1-19(26(28)33)7-12-25(32)29-24(27(34)30-15-13-22(31)14-16-30)17-20-8-10-23(11-9-20)35-18-21-5-3-2-4-6-21/h2-6,8-12,19,22,24,31H,7,13-18H2,1H3,(H2,28,33)(H,29,32). The van der Waals surface area contributed by atoms with Gasteiger partial charge < -0.3 is 25.8 Å². The van der Waals surface area contributed by atoms with Gasteiger partial charge in [0.1, 0.15) is 18.4 Å². The second kappa shape index (κ2) is 12.9. The molecule has 4 N–H and O–H groups in total. The Labute approximate surface area is 206 Å². The van der Waals surface area contributed by atoms with Gasteiger partial charge in [-0.2, -0.15) is 0 Å². The van der Waals surface area contributed by atoms with Gasteiger partial charge in [0, 0.05) is 25.4 Å². The SMILES string of the molecule is CC(C[CH]C(=O)NC(Cc1ccc(OCc2ccccc2)cc1)C(=O)N1CCC(O)CC1)C(N)=O. The van der Waals surface area contributed by atoms with Crippen molar-refractivity contribution in [3.05, 3.63) is 72.1 Å². The van der Waals surface area contributed by atoms with Crippen LogP contribution in [-0.2, 0) is 27.4 Å². The van der Waals surface area contributed by atoms with Gasteiger partial charge in [-0.1, -0.05) is 49.4 Å². The highest BCUT2D eigenvalue weighted by molar-refractivity contribution is 5.92. The molecule has 187 valence electrons. The number of amides is 3. The van der Waals surface area contributed by atoms with Gasteiger partial charge in [-0.3, -0.25) is 14.4 Å². The molecule has 3 rings (SSSR count). The number of aliphatic hydroxyl groups excluding tert-OH is 1. The first kappa shape index (κ1) is 26.2. The van der Waals surface area contributed by atoms with Crippen LogP contribution in [-0.4, -0.2) is 53.0 Å². The molecule has 1 fully saturated rings. The van der Waals surface area contributed by atoms with Crippen molar-refractivity contribution < 1.29 is 24.2 Å². The van der Waals surface area contributed by atoms with Crippen molar-refractivity contribution in [2.45, 2.75) is 51.4 Å². The monoisotopic (exact) mass is 480 g/mol. The summed E-state index contributed by atoms with van der Waals surface area (Å²) in [4.78, 5) is 38.7. The fraction of sp³-hybridized carbons (Fsp3) is 0.407. The van der Waals surface area contributed by atoms with Crippen molar-refractivity contribution in [3.8, 4) is 5.75 Å². The van der Waals surface area contributed by atoms with Crippen molar-refractivity contribution in [2.24, 2.45) is 11.7 Å². The van der Waals surface area contributed by atoms with Crippen molar-refractivity contribution in [1.29, 1.82) is 0 Å². The van der Waals surface area contributed by atoms with E-state index < -0.39 is 29.9 Å². The zero-order valence-electron chi connectivity index (χ0n) is 20.1. The van der Waals surface area contributed by atoms with E-state index in [4.69, 9.17) is 10.5 Å². The first-order valence-corrected chi connectivity index (χ1v) is 12.0. The molecule has 8 nitrogen and oxygen atoms in total. The number of carbonyl (C=O) groups is 3. The van der Waals surface area contributed by atoms with Gasteiger partial charge in [0.15, 0.2) is 0 Å². The van der Waals surface area contributed by atoms with Gasteiger partial charge in [0.25, 0.3) is 0 Å². The predicted molar refractivity (Wildman–Crippen MR) is 132 cm³/mol. The maximum absolute atomic E-state index is 13.2. The minimum atomic E-state index is -0.769. The zero-order chi connectivity index (χ0) is 25.2. The third kappa shape index (κ3) is 8.40. The van der Waals surface area contributed by atoms with E-state index in [1.54, 1.807) is 11.8 Å². The molecule has 2 unspecified atom stereocenters. The molecule has 0 aliphatic carbocycles. The number of rotatable bonds is 11. The van der Waals surface area contributed by atoms with Gasteiger partial charge in [-0.05, 0) is 42.5 Å². The molecule has 8 heteroatoms. The molecule has 35 heavy (non-hydrogen) atoms. The molecule has 1 aliphatic heterocycles. The molecule has 1 radical (unpaired) electrons. The second-order valence-electron chi connectivity index (χ2n) is 8.98. The Bertz CT molecular complexity index is 972. The van der Waals surface area contributed by atoms with Crippen molar-refractivity contribution in [2.75, 3.05) is 13.1 Å². The fourth-order valence-corrected chi connectivity index (χ4v) is 3.84. The third-order valence-electron chi connectivity index (χ3n) is 6.14. The minimum absolute atomic E-state index is 0.189. The Hall–Kier alpha value is -3.39. The molecule has 2 aromatic carbocycles. The molecule has 2 atom stereocenters. The van der Waals surface area contributed by atoms with E-state index in [0.29, 0.717) is 44.7 Å². The quantitative estimate of drug-likeness (QED) is 0.454. The summed E-state index contributed by atoms with van der Waals surface area (Å²) in [7, 11) is 0. The summed E-state index contributed by atoms with van der Waals surface area (Å²) in [5.74, 6) is -0.851. The highest BCUT2D eigenvalue weighted by Gasteiger charge is 2.29. The Balaban J connectivity index is 1.63. The lowest BCUT2D eigenvalue weighted by molar-refractivity contribution is -0.137. The van der Waals surface area contributed by atoms with Crippen molar-refractivity contribution in [1.82, 2.24) is 10.2 Å². The average Bonchev–Trinajstić information content (AvgIpc) is 2.87. The van der Waals surface area contributed by atoms with Crippen LogP contribution in [0.2, 0.25) is 0 Å². The number of carbonyl (C=O) groups excluding carboxylic acids is 3. The maximum Gasteiger partial charge on any atom is 0.245 e. The van der Waals surface area contributed by atoms with E-state index >= 15 is 0 Å². The third-order valence-corrected chi connectivity index (χ3v) is 6.14. The van der Waals surface area contributed by atoms with Crippen LogP contribution < -0.4 is 15.8 Å². The lowest BCUT2D eigenvalue weighted by Gasteiger charge is -2.32. The van der Waals surface area contributed by atoms with Gasteiger partial charge in [0.2, 0.25) is 17.7 Å². The van der Waals surface area contributed by atoms with Gasteiger partial charge >= 0.3 is 0 Å². The molecule has 1 saturated heterocycles. The summed E-state index contributed by atoms with van der Waals surface area (Å²) in [5.41, 5.74) is 7.21. The lowest BCUT2D eigenvalue weighted by Crippen LogP contribution is -2.52. The lowest BCUT2D eigenvalue weighted by atomic mass is 10.0. The molecule has 1 heterocycles. The van der Waals surface area contributed by atoms with E-state index in [0.717, 1.165) is 11.1 Å². The first-order valence-electron chi connectivity index (χ1n) is 12.0. The maximum atomic E-state index is 13.2. The molecular weight excluding hydrogens is 446 g/mol. The van der Waals surface area contributed by atoms with E-state index in [1.807, 2.05) is 54.6 Å². The number of hydrogen-bond acceptors (Lipinski definition) is 5. The van der Waals surface area contributed by atoms with E-state index in [1.165, 1.54) is 6.42 Å². The normalized spacial score (nSPS) is 15.8. The molecule has 0 bridgehead atoms. The number of primary amides is 1. The molecule has 1 aliphatic rings. The topological polar surface area (TPSA) is 122 Å². The highest BCUT2D eigenvalue weighted by Crippen LogP contribution is 2.18. The molecule has 0 spiro atoms. The number of aliphatic hydroxyl groups is 1. The molecular formula is C27H34N3O5. The molecule has 3 amide bonds. The minimum Gasteiger partial charge on any atom is -0.489 e. The summed E-state index contributed by atoms with van der Waals surface area (Å²) in [6.07, 6.45) is 2.49. The predicted octanol–water partition coefficient (Wildman–Crippen LogP) is 1.99. The van der Waals surface area contributed by atoms with Crippen LogP contribution in [0.4, 0.5) is 0 Å². The number of nitrogens with two attached hydrogens (primary N) is 1.